The Bertz CT molecular complexity index is 937. The highest BCUT2D eigenvalue weighted by molar-refractivity contribution is 8.14. The van der Waals surface area contributed by atoms with E-state index in [1.54, 1.807) is 23.9 Å². The van der Waals surface area contributed by atoms with Crippen LogP contribution in [0.2, 0.25) is 0 Å². The number of rotatable bonds is 1. The number of ether oxygens (including phenoxy) is 1. The molecule has 1 aromatic heterocycles. The van der Waals surface area contributed by atoms with Crippen molar-refractivity contribution in [1.82, 2.24) is 4.98 Å². The average molecular weight is 385 g/mol. The van der Waals surface area contributed by atoms with Gasteiger partial charge in [0.2, 0.25) is 5.95 Å². The Morgan fingerprint density at radius 3 is 2.96 bits per heavy atom. The summed E-state index contributed by atoms with van der Waals surface area (Å²) in [5, 5.41) is 10.7. The first-order chi connectivity index (χ1) is 13.1. The summed E-state index contributed by atoms with van der Waals surface area (Å²) >= 11 is 1.55. The number of aliphatic imine (C=N–C) groups is 1. The van der Waals surface area contributed by atoms with Crippen LogP contribution in [0.15, 0.2) is 41.5 Å². The van der Waals surface area contributed by atoms with Crippen molar-refractivity contribution in [3.8, 4) is 16.9 Å². The summed E-state index contributed by atoms with van der Waals surface area (Å²) in [6.07, 6.45) is 3.18. The predicted octanol–water partition coefficient (Wildman–Crippen LogP) is 3.07. The second kappa shape index (κ2) is 6.21. The number of hydrogen-bond donors (Lipinski definition) is 2. The van der Waals surface area contributed by atoms with Gasteiger partial charge in [0.05, 0.1) is 6.10 Å². The van der Waals surface area contributed by atoms with E-state index in [0.29, 0.717) is 17.2 Å². The van der Waals surface area contributed by atoms with Crippen LogP contribution >= 0.6 is 11.8 Å². The standard InChI is InChI=1S/C20H20FN3O2S/c21-18-13(2-1-7-23-18)11-3-6-16-15(8-11)20(10-27-19(22)24-20)14-5-4-12(25)9-17(14)26-16/h1-3,6-8,12,14,17,25H,4-5,9-10H2,(H2,22,24)/t12-,14+,17?,20-/m0/s1. The minimum atomic E-state index is -0.495. The zero-order chi connectivity index (χ0) is 18.6. The van der Waals surface area contributed by atoms with Crippen LogP contribution in [0.3, 0.4) is 0 Å². The first-order valence-electron chi connectivity index (χ1n) is 9.15. The van der Waals surface area contributed by atoms with E-state index in [1.807, 2.05) is 18.2 Å². The molecule has 140 valence electrons. The lowest BCUT2D eigenvalue weighted by Crippen LogP contribution is -2.51. The van der Waals surface area contributed by atoms with Crippen LogP contribution in [-0.4, -0.2) is 33.2 Å². The SMILES string of the molecule is NC1=N[C@]2(CS1)c1cc(-c3cccnc3F)ccc1OC1C[C@@H](O)CC[C@H]12. The Morgan fingerprint density at radius 1 is 1.30 bits per heavy atom. The van der Waals surface area contributed by atoms with Crippen molar-refractivity contribution in [2.45, 2.75) is 37.0 Å². The maximum absolute atomic E-state index is 14.2. The molecule has 1 spiro atoms. The molecule has 1 saturated carbocycles. The van der Waals surface area contributed by atoms with E-state index in [1.165, 1.54) is 6.20 Å². The van der Waals surface area contributed by atoms with Crippen LogP contribution in [-0.2, 0) is 5.54 Å². The lowest BCUT2D eigenvalue weighted by molar-refractivity contribution is -0.0246. The quantitative estimate of drug-likeness (QED) is 0.738. The highest BCUT2D eigenvalue weighted by Crippen LogP contribution is 2.54. The molecule has 1 unspecified atom stereocenters. The third-order valence-electron chi connectivity index (χ3n) is 5.92. The van der Waals surface area contributed by atoms with Gasteiger partial charge in [-0.3, -0.25) is 0 Å². The topological polar surface area (TPSA) is 80.7 Å². The highest BCUT2D eigenvalue weighted by Gasteiger charge is 2.54. The summed E-state index contributed by atoms with van der Waals surface area (Å²) in [6, 6.07) is 9.15. The van der Waals surface area contributed by atoms with Gasteiger partial charge in [-0.1, -0.05) is 17.8 Å². The number of thioether (sulfide) groups is 1. The number of aromatic nitrogens is 1. The molecule has 2 aliphatic heterocycles. The van der Waals surface area contributed by atoms with Gasteiger partial charge in [0.15, 0.2) is 5.17 Å². The maximum atomic E-state index is 14.2. The van der Waals surface area contributed by atoms with Gasteiger partial charge in [0.25, 0.3) is 0 Å². The molecule has 5 rings (SSSR count). The molecule has 27 heavy (non-hydrogen) atoms. The van der Waals surface area contributed by atoms with Crippen LogP contribution in [0.1, 0.15) is 24.8 Å². The predicted molar refractivity (Wildman–Crippen MR) is 103 cm³/mol. The molecule has 7 heteroatoms. The van der Waals surface area contributed by atoms with Crippen LogP contribution in [0.5, 0.6) is 5.75 Å². The number of aliphatic hydroxyl groups excluding tert-OH is 1. The molecule has 5 nitrogen and oxygen atoms in total. The summed E-state index contributed by atoms with van der Waals surface area (Å²) in [4.78, 5) is 8.64. The fraction of sp³-hybridized carbons (Fsp3) is 0.400. The average Bonchev–Trinajstić information content (AvgIpc) is 3.04. The molecule has 1 fully saturated rings. The number of fused-ring (bicyclic) bond motifs is 4. The van der Waals surface area contributed by atoms with Crippen molar-refractivity contribution in [2.75, 3.05) is 5.75 Å². The summed E-state index contributed by atoms with van der Waals surface area (Å²) in [7, 11) is 0. The molecule has 0 radical (unpaired) electrons. The van der Waals surface area contributed by atoms with Gasteiger partial charge in [0, 0.05) is 35.4 Å². The van der Waals surface area contributed by atoms with Crippen molar-refractivity contribution in [1.29, 1.82) is 0 Å². The molecule has 3 N–H and O–H groups in total. The monoisotopic (exact) mass is 385 g/mol. The molecule has 1 aliphatic carbocycles. The van der Waals surface area contributed by atoms with Crippen molar-refractivity contribution in [3.05, 3.63) is 48.0 Å². The first-order valence-corrected chi connectivity index (χ1v) is 10.1. The first kappa shape index (κ1) is 17.0. The molecule has 0 bridgehead atoms. The third kappa shape index (κ3) is 2.63. The number of benzene rings is 1. The van der Waals surface area contributed by atoms with Crippen molar-refractivity contribution in [2.24, 2.45) is 16.6 Å². The van der Waals surface area contributed by atoms with E-state index in [0.717, 1.165) is 35.5 Å². The molecule has 0 amide bonds. The van der Waals surface area contributed by atoms with E-state index in [-0.39, 0.29) is 18.1 Å². The Labute approximate surface area is 160 Å². The number of halogens is 1. The second-order valence-electron chi connectivity index (χ2n) is 7.45. The number of hydrogen-bond acceptors (Lipinski definition) is 6. The van der Waals surface area contributed by atoms with Gasteiger partial charge >= 0.3 is 0 Å². The van der Waals surface area contributed by atoms with Crippen molar-refractivity contribution < 1.29 is 14.2 Å². The van der Waals surface area contributed by atoms with Crippen LogP contribution in [0, 0.1) is 11.9 Å². The highest BCUT2D eigenvalue weighted by atomic mass is 32.2. The van der Waals surface area contributed by atoms with E-state index in [2.05, 4.69) is 4.98 Å². The fourth-order valence-corrected chi connectivity index (χ4v) is 5.69. The Hall–Kier alpha value is -2.12. The molecule has 0 saturated heterocycles. The molecular formula is C20H20FN3O2S. The van der Waals surface area contributed by atoms with Gasteiger partial charge in [-0.25, -0.2) is 9.98 Å². The number of aliphatic hydroxyl groups is 1. The Morgan fingerprint density at radius 2 is 2.19 bits per heavy atom. The number of pyridine rings is 1. The molecular weight excluding hydrogens is 365 g/mol. The summed E-state index contributed by atoms with van der Waals surface area (Å²) in [5.41, 5.74) is 7.75. The van der Waals surface area contributed by atoms with Gasteiger partial charge in [0.1, 0.15) is 17.4 Å². The molecule has 1 aromatic carbocycles. The van der Waals surface area contributed by atoms with Gasteiger partial charge < -0.3 is 15.6 Å². The van der Waals surface area contributed by atoms with Crippen LogP contribution in [0.25, 0.3) is 11.1 Å². The maximum Gasteiger partial charge on any atom is 0.220 e. The van der Waals surface area contributed by atoms with Crippen LogP contribution in [0.4, 0.5) is 4.39 Å². The van der Waals surface area contributed by atoms with Gasteiger partial charge in [-0.15, -0.1) is 0 Å². The number of amidine groups is 1. The summed E-state index contributed by atoms with van der Waals surface area (Å²) < 4.78 is 20.5. The van der Waals surface area contributed by atoms with E-state index in [9.17, 15) is 9.50 Å². The molecule has 4 atom stereocenters. The van der Waals surface area contributed by atoms with Gasteiger partial charge in [-0.05, 0) is 42.7 Å². The summed E-state index contributed by atoms with van der Waals surface area (Å²) in [6.45, 7) is 0. The molecule has 3 heterocycles. The van der Waals surface area contributed by atoms with E-state index in [4.69, 9.17) is 15.5 Å². The lowest BCUT2D eigenvalue weighted by Gasteiger charge is -2.48. The van der Waals surface area contributed by atoms with Crippen LogP contribution < -0.4 is 10.5 Å². The Balaban J connectivity index is 1.67. The normalized spacial score (nSPS) is 31.8. The van der Waals surface area contributed by atoms with Crippen molar-refractivity contribution in [3.63, 3.8) is 0 Å². The van der Waals surface area contributed by atoms with Crippen molar-refractivity contribution >= 4 is 16.9 Å². The van der Waals surface area contributed by atoms with E-state index < -0.39 is 11.5 Å². The largest absolute Gasteiger partial charge is 0.490 e. The summed E-state index contributed by atoms with van der Waals surface area (Å²) in [5.74, 6) is 1.14. The number of nitrogens with zero attached hydrogens (tertiary/aromatic N) is 2. The zero-order valence-electron chi connectivity index (χ0n) is 14.6. The lowest BCUT2D eigenvalue weighted by atomic mass is 9.68. The van der Waals surface area contributed by atoms with E-state index >= 15 is 0 Å². The minimum Gasteiger partial charge on any atom is -0.490 e. The second-order valence-corrected chi connectivity index (χ2v) is 8.44. The number of nitrogens with two attached hydrogens (primary N) is 1. The zero-order valence-corrected chi connectivity index (χ0v) is 15.5. The third-order valence-corrected chi connectivity index (χ3v) is 6.89. The van der Waals surface area contributed by atoms with Gasteiger partial charge in [-0.2, -0.15) is 4.39 Å². The minimum absolute atomic E-state index is 0.0857. The smallest absolute Gasteiger partial charge is 0.220 e. The molecule has 2 aromatic rings. The Kier molecular flexibility index (Phi) is 3.91. The fourth-order valence-electron chi connectivity index (χ4n) is 4.66. The molecule has 3 aliphatic rings.